The van der Waals surface area contributed by atoms with Gasteiger partial charge in [-0.05, 0) is 25.1 Å². The maximum absolute atomic E-state index is 9.74. The lowest BCUT2D eigenvalue weighted by atomic mass is 9.72. The molecule has 2 saturated carbocycles. The largest absolute Gasteiger partial charge is 0.396 e. The maximum atomic E-state index is 9.74. The van der Waals surface area contributed by atoms with Crippen LogP contribution in [0.4, 0.5) is 0 Å². The van der Waals surface area contributed by atoms with Gasteiger partial charge in [-0.1, -0.05) is 0 Å². The van der Waals surface area contributed by atoms with Crippen LogP contribution < -0.4 is 0 Å². The average molecular weight is 168 g/mol. The lowest BCUT2D eigenvalue weighted by molar-refractivity contribution is -0.0815. The van der Waals surface area contributed by atoms with Crippen molar-refractivity contribution in [3.63, 3.8) is 0 Å². The van der Waals surface area contributed by atoms with Crippen LogP contribution in [0.2, 0.25) is 5.82 Å². The molecule has 2 radical (unpaired) electrons. The predicted octanol–water partition coefficient (Wildman–Crippen LogP) is -0.933. The van der Waals surface area contributed by atoms with Crippen LogP contribution in [-0.2, 0) is 0 Å². The lowest BCUT2D eigenvalue weighted by Crippen LogP contribution is -2.44. The average Bonchev–Trinajstić information content (AvgIpc) is 2.73. The van der Waals surface area contributed by atoms with Crippen LogP contribution in [0, 0.1) is 11.3 Å². The van der Waals surface area contributed by atoms with E-state index in [0.717, 1.165) is 6.42 Å². The molecular weight excluding hydrogens is 155 g/mol. The second kappa shape index (κ2) is 2.06. The lowest BCUT2D eigenvalue weighted by Gasteiger charge is -2.31. The molecule has 0 heterocycles. The van der Waals surface area contributed by atoms with Gasteiger partial charge in [0.15, 0.2) is 0 Å². The molecule has 0 unspecified atom stereocenters. The summed E-state index contributed by atoms with van der Waals surface area (Å²) in [6.45, 7) is 1.45. The van der Waals surface area contributed by atoms with Crippen molar-refractivity contribution in [2.75, 3.05) is 6.61 Å². The minimum Gasteiger partial charge on any atom is -0.396 e. The molecule has 0 amide bonds. The van der Waals surface area contributed by atoms with Crippen LogP contribution in [0.5, 0.6) is 0 Å². The first-order valence-corrected chi connectivity index (χ1v) is 4.23. The van der Waals surface area contributed by atoms with E-state index in [0.29, 0.717) is 0 Å². The summed E-state index contributed by atoms with van der Waals surface area (Å²) in [5.41, 5.74) is -1.73. The zero-order valence-electron chi connectivity index (χ0n) is 7.07. The number of aliphatic hydroxyl groups is 3. The molecule has 0 aromatic heterocycles. The fourth-order valence-electron chi connectivity index (χ4n) is 2.59. The molecule has 0 saturated heterocycles. The Morgan fingerprint density at radius 2 is 2.17 bits per heavy atom. The van der Waals surface area contributed by atoms with Gasteiger partial charge in [-0.3, -0.25) is 0 Å². The molecule has 3 N–H and O–H groups in total. The zero-order valence-corrected chi connectivity index (χ0v) is 7.07. The van der Waals surface area contributed by atoms with E-state index in [9.17, 15) is 10.2 Å². The molecule has 4 heteroatoms. The maximum Gasteiger partial charge on any atom is 0.0900 e. The third-order valence-corrected chi connectivity index (χ3v) is 3.68. The van der Waals surface area contributed by atoms with Crippen molar-refractivity contribution < 1.29 is 15.3 Å². The van der Waals surface area contributed by atoms with Crippen LogP contribution >= 0.6 is 0 Å². The minimum absolute atomic E-state index is 0.0807. The van der Waals surface area contributed by atoms with Crippen molar-refractivity contribution in [3.05, 3.63) is 0 Å². The summed E-state index contributed by atoms with van der Waals surface area (Å²) < 4.78 is 0. The molecule has 3 nitrogen and oxygen atoms in total. The highest BCUT2D eigenvalue weighted by Gasteiger charge is 2.72. The Morgan fingerprint density at radius 3 is 2.42 bits per heavy atom. The Labute approximate surface area is 72.8 Å². The molecule has 66 valence electrons. The minimum atomic E-state index is -1.23. The molecule has 0 bridgehead atoms. The van der Waals surface area contributed by atoms with Crippen LogP contribution in [0.1, 0.15) is 13.3 Å². The van der Waals surface area contributed by atoms with Crippen LogP contribution in [-0.4, -0.2) is 41.5 Å². The van der Waals surface area contributed by atoms with E-state index in [4.69, 9.17) is 13.0 Å². The zero-order chi connectivity index (χ0) is 9.15. The van der Waals surface area contributed by atoms with E-state index in [1.807, 2.05) is 0 Å². The van der Waals surface area contributed by atoms with Crippen LogP contribution in [0.25, 0.3) is 0 Å². The molecule has 2 aliphatic rings. The van der Waals surface area contributed by atoms with Gasteiger partial charge in [-0.2, -0.15) is 0 Å². The quantitative estimate of drug-likeness (QED) is 0.443. The van der Waals surface area contributed by atoms with E-state index in [1.165, 1.54) is 6.92 Å². The molecule has 2 aliphatic carbocycles. The monoisotopic (exact) mass is 168 g/mol. The predicted molar refractivity (Wildman–Crippen MR) is 43.8 cm³/mol. The molecule has 0 spiro atoms. The third-order valence-electron chi connectivity index (χ3n) is 3.68. The van der Waals surface area contributed by atoms with Gasteiger partial charge in [0, 0.05) is 5.41 Å². The van der Waals surface area contributed by atoms with Crippen molar-refractivity contribution in [3.8, 4) is 0 Å². The summed E-state index contributed by atoms with van der Waals surface area (Å²) in [6.07, 6.45) is -0.142. The number of aliphatic hydroxyl groups excluding tert-OH is 2. The summed E-state index contributed by atoms with van der Waals surface area (Å²) in [6, 6.07) is 0. The first-order chi connectivity index (χ1) is 5.47. The Hall–Kier alpha value is -0.0551. The van der Waals surface area contributed by atoms with Gasteiger partial charge >= 0.3 is 0 Å². The van der Waals surface area contributed by atoms with Gasteiger partial charge < -0.3 is 15.3 Å². The van der Waals surface area contributed by atoms with Gasteiger partial charge in [-0.15, -0.1) is 0 Å². The first-order valence-electron chi connectivity index (χ1n) is 4.23. The fourth-order valence-corrected chi connectivity index (χ4v) is 2.59. The summed E-state index contributed by atoms with van der Waals surface area (Å²) >= 11 is 0. The highest BCUT2D eigenvalue weighted by molar-refractivity contribution is 6.13. The van der Waals surface area contributed by atoms with Crippen molar-refractivity contribution in [1.82, 2.24) is 0 Å². The Morgan fingerprint density at radius 1 is 1.58 bits per heavy atom. The van der Waals surface area contributed by atoms with Crippen molar-refractivity contribution in [2.24, 2.45) is 11.3 Å². The van der Waals surface area contributed by atoms with E-state index in [1.54, 1.807) is 0 Å². The molecule has 0 aliphatic heterocycles. The second-order valence-corrected chi connectivity index (χ2v) is 4.36. The Bertz CT molecular complexity index is 218. The molecule has 5 atom stereocenters. The summed E-state index contributed by atoms with van der Waals surface area (Å²) in [5.74, 6) is -0.313. The standard InChI is InChI=1S/C8H13BO3/c1-7(12)5(9)4-2-8(4,3-10)6(7)11/h4-6,10-12H,2-3H2,1H3/t4-,5-,6+,7+,8-/m1/s1. The van der Waals surface area contributed by atoms with E-state index in [-0.39, 0.29) is 12.5 Å². The van der Waals surface area contributed by atoms with Crippen LogP contribution in [0.15, 0.2) is 0 Å². The highest BCUT2D eigenvalue weighted by atomic mass is 16.3. The smallest absolute Gasteiger partial charge is 0.0900 e. The summed E-state index contributed by atoms with van der Waals surface area (Å²) in [4.78, 5) is 0. The van der Waals surface area contributed by atoms with Crippen LogP contribution in [0.3, 0.4) is 0 Å². The molecule has 12 heavy (non-hydrogen) atoms. The first kappa shape index (κ1) is 8.54. The van der Waals surface area contributed by atoms with Crippen molar-refractivity contribution in [2.45, 2.75) is 30.9 Å². The van der Waals surface area contributed by atoms with Gasteiger partial charge in [0.2, 0.25) is 0 Å². The molecule has 2 rings (SSSR count). The number of hydrogen-bond donors (Lipinski definition) is 3. The molecule has 2 fully saturated rings. The number of rotatable bonds is 1. The SMILES string of the molecule is [B][C@@H]1[C@H]2C[C@]2(CO)[C@@H](O)[C@@]1(C)O. The number of fused-ring (bicyclic) bond motifs is 1. The fraction of sp³-hybridized carbons (Fsp3) is 1.00. The van der Waals surface area contributed by atoms with Gasteiger partial charge in [0.05, 0.1) is 26.2 Å². The normalized spacial score (nSPS) is 63.2. The highest BCUT2D eigenvalue weighted by Crippen LogP contribution is 2.70. The van der Waals surface area contributed by atoms with Gasteiger partial charge in [-0.25, -0.2) is 0 Å². The van der Waals surface area contributed by atoms with E-state index in [2.05, 4.69) is 0 Å². The van der Waals surface area contributed by atoms with Crippen molar-refractivity contribution in [1.29, 1.82) is 0 Å². The molecule has 0 aromatic rings. The van der Waals surface area contributed by atoms with Gasteiger partial charge in [0.1, 0.15) is 0 Å². The number of hydrogen-bond acceptors (Lipinski definition) is 3. The topological polar surface area (TPSA) is 60.7 Å². The summed E-state index contributed by atoms with van der Waals surface area (Å²) in [5, 5.41) is 28.5. The van der Waals surface area contributed by atoms with E-state index >= 15 is 0 Å². The van der Waals surface area contributed by atoms with Crippen molar-refractivity contribution >= 4 is 7.85 Å². The van der Waals surface area contributed by atoms with E-state index < -0.39 is 22.9 Å². The second-order valence-electron chi connectivity index (χ2n) is 4.36. The molecule has 0 aromatic carbocycles. The molecular formula is C8H13BO3. The van der Waals surface area contributed by atoms with Gasteiger partial charge in [0.25, 0.3) is 0 Å². The third kappa shape index (κ3) is 0.691. The Balaban J connectivity index is 2.29. The Kier molecular flexibility index (Phi) is 1.46. The summed E-state index contributed by atoms with van der Waals surface area (Å²) in [7, 11) is 5.73.